The molecule has 0 bridgehead atoms. The lowest BCUT2D eigenvalue weighted by Crippen LogP contribution is -2.21. The number of nitrogen functional groups attached to an aromatic ring is 1. The van der Waals surface area contributed by atoms with E-state index in [1.807, 2.05) is 7.05 Å². The Morgan fingerprint density at radius 3 is 2.93 bits per heavy atom. The molecule has 6 nitrogen and oxygen atoms in total. The Kier molecular flexibility index (Phi) is 2.24. The minimum Gasteiger partial charge on any atom is -0.398 e. The van der Waals surface area contributed by atoms with Crippen molar-refractivity contribution in [3.8, 4) is 0 Å². The second kappa shape index (κ2) is 3.56. The number of nitrogens with zero attached hydrogens (tertiary/aromatic N) is 4. The number of pyridine rings is 1. The van der Waals surface area contributed by atoms with E-state index in [1.54, 1.807) is 23.2 Å². The second-order valence-corrected chi connectivity index (χ2v) is 3.29. The summed E-state index contributed by atoms with van der Waals surface area (Å²) in [6.07, 6.45) is 3.18. The summed E-state index contributed by atoms with van der Waals surface area (Å²) in [7, 11) is 1.83. The van der Waals surface area contributed by atoms with Crippen LogP contribution in [0.25, 0.3) is 0 Å². The van der Waals surface area contributed by atoms with Gasteiger partial charge >= 0.3 is 0 Å². The summed E-state index contributed by atoms with van der Waals surface area (Å²) in [4.78, 5) is 11.5. The van der Waals surface area contributed by atoms with Crippen molar-refractivity contribution in [3.05, 3.63) is 40.8 Å². The minimum absolute atomic E-state index is 0.104. The molecule has 2 heterocycles. The monoisotopic (exact) mass is 205 g/mol. The third-order valence-electron chi connectivity index (χ3n) is 2.12. The molecule has 0 radical (unpaired) electrons. The molecule has 0 spiro atoms. The predicted molar refractivity (Wildman–Crippen MR) is 55.2 cm³/mol. The molecule has 0 aliphatic heterocycles. The van der Waals surface area contributed by atoms with Crippen molar-refractivity contribution in [3.63, 3.8) is 0 Å². The van der Waals surface area contributed by atoms with Crippen LogP contribution in [0.5, 0.6) is 0 Å². The van der Waals surface area contributed by atoms with Gasteiger partial charge in [-0.3, -0.25) is 4.79 Å². The van der Waals surface area contributed by atoms with Crippen molar-refractivity contribution in [2.45, 2.75) is 6.54 Å². The molecule has 0 saturated heterocycles. The Hall–Kier alpha value is -2.11. The van der Waals surface area contributed by atoms with Crippen LogP contribution in [0, 0.1) is 0 Å². The van der Waals surface area contributed by atoms with E-state index in [4.69, 9.17) is 5.73 Å². The molecule has 0 unspecified atom stereocenters. The smallest absolute Gasteiger partial charge is 0.251 e. The number of rotatable bonds is 2. The first-order valence-corrected chi connectivity index (χ1v) is 4.45. The Morgan fingerprint density at radius 2 is 2.27 bits per heavy atom. The molecule has 0 saturated carbocycles. The predicted octanol–water partition coefficient (Wildman–Crippen LogP) is -0.393. The number of nitrogens with two attached hydrogens (primary N) is 1. The normalized spacial score (nSPS) is 10.5. The van der Waals surface area contributed by atoms with Crippen molar-refractivity contribution in [2.75, 3.05) is 5.73 Å². The molecule has 15 heavy (non-hydrogen) atoms. The van der Waals surface area contributed by atoms with Gasteiger partial charge in [0.25, 0.3) is 5.56 Å². The first-order valence-electron chi connectivity index (χ1n) is 4.45. The van der Waals surface area contributed by atoms with E-state index in [-0.39, 0.29) is 5.56 Å². The van der Waals surface area contributed by atoms with Gasteiger partial charge in [0.1, 0.15) is 6.33 Å². The summed E-state index contributed by atoms with van der Waals surface area (Å²) < 4.78 is 3.26. The molecule has 0 fully saturated rings. The summed E-state index contributed by atoms with van der Waals surface area (Å²) in [5, 5.41) is 7.63. The molecule has 0 aromatic carbocycles. The highest BCUT2D eigenvalue weighted by atomic mass is 16.1. The van der Waals surface area contributed by atoms with Gasteiger partial charge in [-0.1, -0.05) is 0 Å². The number of anilines is 1. The quantitative estimate of drug-likeness (QED) is 0.724. The summed E-state index contributed by atoms with van der Waals surface area (Å²) in [5.41, 5.74) is 6.04. The first kappa shape index (κ1) is 9.45. The highest BCUT2D eigenvalue weighted by Crippen LogP contribution is 1.99. The number of aryl methyl sites for hydroxylation is 1. The fourth-order valence-corrected chi connectivity index (χ4v) is 1.28. The van der Waals surface area contributed by atoms with Crippen LogP contribution in [0.1, 0.15) is 5.82 Å². The largest absolute Gasteiger partial charge is 0.398 e. The topological polar surface area (TPSA) is 78.7 Å². The van der Waals surface area contributed by atoms with E-state index in [0.717, 1.165) is 0 Å². The zero-order valence-corrected chi connectivity index (χ0v) is 8.29. The zero-order chi connectivity index (χ0) is 10.8. The molecular formula is C9H11N5O. The fraction of sp³-hybridized carbons (Fsp3) is 0.222. The summed E-state index contributed by atoms with van der Waals surface area (Å²) in [6.45, 7) is 0.375. The number of hydrogen-bond acceptors (Lipinski definition) is 4. The Morgan fingerprint density at radius 1 is 1.47 bits per heavy atom. The molecule has 2 N–H and O–H groups in total. The lowest BCUT2D eigenvalue weighted by atomic mass is 10.4. The van der Waals surface area contributed by atoms with Crippen molar-refractivity contribution in [1.29, 1.82) is 0 Å². The van der Waals surface area contributed by atoms with Gasteiger partial charge in [-0.15, -0.1) is 10.2 Å². The molecule has 2 aromatic rings. The van der Waals surface area contributed by atoms with Gasteiger partial charge in [0.2, 0.25) is 0 Å². The Bertz CT molecular complexity index is 527. The van der Waals surface area contributed by atoms with E-state index in [1.165, 1.54) is 10.6 Å². The second-order valence-electron chi connectivity index (χ2n) is 3.29. The van der Waals surface area contributed by atoms with E-state index in [0.29, 0.717) is 18.1 Å². The molecule has 6 heteroatoms. The van der Waals surface area contributed by atoms with Gasteiger partial charge in [0.15, 0.2) is 5.82 Å². The van der Waals surface area contributed by atoms with Gasteiger partial charge in [-0.25, -0.2) is 0 Å². The van der Waals surface area contributed by atoms with Gasteiger partial charge in [-0.05, 0) is 6.07 Å². The van der Waals surface area contributed by atoms with Crippen LogP contribution in [-0.4, -0.2) is 19.3 Å². The van der Waals surface area contributed by atoms with E-state index >= 15 is 0 Å². The maximum atomic E-state index is 11.5. The van der Waals surface area contributed by atoms with Crippen molar-refractivity contribution >= 4 is 5.69 Å². The molecule has 0 aliphatic rings. The molecule has 2 aromatic heterocycles. The van der Waals surface area contributed by atoms with E-state index < -0.39 is 0 Å². The highest BCUT2D eigenvalue weighted by Gasteiger charge is 2.03. The van der Waals surface area contributed by atoms with Gasteiger partial charge < -0.3 is 14.9 Å². The third kappa shape index (κ3) is 1.88. The van der Waals surface area contributed by atoms with Gasteiger partial charge in [0.05, 0.1) is 6.54 Å². The maximum absolute atomic E-state index is 11.5. The maximum Gasteiger partial charge on any atom is 0.251 e. The first-order chi connectivity index (χ1) is 7.16. The van der Waals surface area contributed by atoms with Crippen LogP contribution in [0.2, 0.25) is 0 Å². The summed E-state index contributed by atoms with van der Waals surface area (Å²) in [6, 6.07) is 3.02. The summed E-state index contributed by atoms with van der Waals surface area (Å²) >= 11 is 0. The van der Waals surface area contributed by atoms with Crippen LogP contribution in [0.3, 0.4) is 0 Å². The molecule has 0 amide bonds. The van der Waals surface area contributed by atoms with Crippen LogP contribution in [-0.2, 0) is 13.6 Å². The van der Waals surface area contributed by atoms with Crippen LogP contribution >= 0.6 is 0 Å². The molecular weight excluding hydrogens is 194 g/mol. The van der Waals surface area contributed by atoms with E-state index in [2.05, 4.69) is 10.2 Å². The third-order valence-corrected chi connectivity index (χ3v) is 2.12. The molecule has 78 valence electrons. The Balaban J connectivity index is 2.36. The lowest BCUT2D eigenvalue weighted by Gasteiger charge is -2.05. The summed E-state index contributed by atoms with van der Waals surface area (Å²) in [5.74, 6) is 0.711. The minimum atomic E-state index is -0.104. The van der Waals surface area contributed by atoms with Gasteiger partial charge in [-0.2, -0.15) is 0 Å². The fourth-order valence-electron chi connectivity index (χ4n) is 1.28. The molecule has 2 rings (SSSR count). The highest BCUT2D eigenvalue weighted by molar-refractivity contribution is 5.33. The zero-order valence-electron chi connectivity index (χ0n) is 8.29. The van der Waals surface area contributed by atoms with Crippen molar-refractivity contribution in [2.24, 2.45) is 7.05 Å². The number of aromatic nitrogens is 4. The number of hydrogen-bond donors (Lipinski definition) is 1. The SMILES string of the molecule is Cn1cnnc1Cn1cc(N)ccc1=O. The molecule has 0 aliphatic carbocycles. The standard InChI is InChI=1S/C9H11N5O/c1-13-6-11-12-8(13)5-14-4-7(10)2-3-9(14)15/h2-4,6H,5,10H2,1H3. The van der Waals surface area contributed by atoms with Crippen LogP contribution in [0.15, 0.2) is 29.5 Å². The van der Waals surface area contributed by atoms with Crippen LogP contribution in [0.4, 0.5) is 5.69 Å². The average molecular weight is 205 g/mol. The Labute approximate surface area is 86.0 Å². The van der Waals surface area contributed by atoms with Gasteiger partial charge in [0, 0.05) is 25.0 Å². The van der Waals surface area contributed by atoms with Crippen molar-refractivity contribution < 1.29 is 0 Å². The lowest BCUT2D eigenvalue weighted by molar-refractivity contribution is 0.678. The van der Waals surface area contributed by atoms with E-state index in [9.17, 15) is 4.79 Å². The van der Waals surface area contributed by atoms with Crippen molar-refractivity contribution in [1.82, 2.24) is 19.3 Å². The van der Waals surface area contributed by atoms with Crippen LogP contribution < -0.4 is 11.3 Å². The molecule has 0 atom stereocenters. The average Bonchev–Trinajstić information content (AvgIpc) is 2.58.